The van der Waals surface area contributed by atoms with Crippen molar-refractivity contribution in [1.82, 2.24) is 19.9 Å². The van der Waals surface area contributed by atoms with Crippen LogP contribution in [0.3, 0.4) is 0 Å². The Labute approximate surface area is 173 Å². The number of nitrogens with one attached hydrogen (secondary N) is 1. The van der Waals surface area contributed by atoms with Gasteiger partial charge in [-0.25, -0.2) is 9.97 Å². The highest BCUT2D eigenvalue weighted by atomic mass is 35.5. The summed E-state index contributed by atoms with van der Waals surface area (Å²) in [6.45, 7) is 3.46. The molecule has 3 aromatic heterocycles. The summed E-state index contributed by atoms with van der Waals surface area (Å²) in [5.41, 5.74) is 3.46. The highest BCUT2D eigenvalue weighted by molar-refractivity contribution is 6.30. The number of pyridine rings is 2. The first-order chi connectivity index (χ1) is 14.2. The fraction of sp³-hybridized carbons (Fsp3) is 0.227. The molecule has 0 bridgehead atoms. The predicted octanol–water partition coefficient (Wildman–Crippen LogP) is 4.64. The number of hydrogen-bond acceptors (Lipinski definition) is 5. The van der Waals surface area contributed by atoms with Crippen molar-refractivity contribution in [2.24, 2.45) is 0 Å². The van der Waals surface area contributed by atoms with Crippen LogP contribution in [0.25, 0.3) is 22.6 Å². The number of halogens is 1. The summed E-state index contributed by atoms with van der Waals surface area (Å²) in [6, 6.07) is 17.8. The van der Waals surface area contributed by atoms with Gasteiger partial charge in [-0.3, -0.25) is 4.98 Å². The average molecular weight is 406 g/mol. The van der Waals surface area contributed by atoms with Crippen LogP contribution in [-0.4, -0.2) is 39.1 Å². The van der Waals surface area contributed by atoms with Crippen molar-refractivity contribution in [2.75, 3.05) is 18.1 Å². The van der Waals surface area contributed by atoms with Crippen LogP contribution in [-0.2, 0) is 4.74 Å². The Bertz CT molecular complexity index is 1150. The summed E-state index contributed by atoms with van der Waals surface area (Å²) < 4.78 is 6.02. The lowest BCUT2D eigenvalue weighted by Crippen LogP contribution is -2.45. The molecule has 6 nitrogen and oxygen atoms in total. The summed E-state index contributed by atoms with van der Waals surface area (Å²) in [5.74, 6) is 1.65. The molecule has 0 aliphatic carbocycles. The van der Waals surface area contributed by atoms with Crippen LogP contribution in [0.4, 0.5) is 5.82 Å². The van der Waals surface area contributed by atoms with Gasteiger partial charge in [0.15, 0.2) is 5.65 Å². The van der Waals surface area contributed by atoms with Crippen molar-refractivity contribution < 1.29 is 4.74 Å². The SMILES string of the molecule is C[C@H]1CO[C@H](c2ccccn2)CN1c1ccc2[nH]c(-c3cccc(Cl)c3)nc2n1. The number of morpholine rings is 1. The third-order valence-corrected chi connectivity index (χ3v) is 5.41. The molecule has 4 aromatic rings. The van der Waals surface area contributed by atoms with Crippen LogP contribution in [0.15, 0.2) is 60.8 Å². The van der Waals surface area contributed by atoms with Crippen molar-refractivity contribution in [2.45, 2.75) is 19.1 Å². The first-order valence-corrected chi connectivity index (χ1v) is 9.97. The summed E-state index contributed by atoms with van der Waals surface area (Å²) in [5, 5.41) is 0.680. The Kier molecular flexibility index (Phi) is 4.66. The lowest BCUT2D eigenvalue weighted by molar-refractivity contribution is 0.0187. The molecule has 0 unspecified atom stereocenters. The number of imidazole rings is 1. The maximum absolute atomic E-state index is 6.12. The van der Waals surface area contributed by atoms with Gasteiger partial charge in [-0.05, 0) is 43.3 Å². The van der Waals surface area contributed by atoms with Gasteiger partial charge in [-0.1, -0.05) is 29.8 Å². The number of anilines is 1. The minimum Gasteiger partial charge on any atom is -0.368 e. The Morgan fingerprint density at radius 1 is 1.10 bits per heavy atom. The van der Waals surface area contributed by atoms with Crippen molar-refractivity contribution in [1.29, 1.82) is 0 Å². The average Bonchev–Trinajstić information content (AvgIpc) is 3.18. The van der Waals surface area contributed by atoms with E-state index >= 15 is 0 Å². The van der Waals surface area contributed by atoms with Crippen LogP contribution in [0.5, 0.6) is 0 Å². The summed E-state index contributed by atoms with van der Waals surface area (Å²) >= 11 is 6.12. The van der Waals surface area contributed by atoms with Crippen molar-refractivity contribution >= 4 is 28.6 Å². The zero-order valence-electron chi connectivity index (χ0n) is 15.9. The molecule has 4 heterocycles. The van der Waals surface area contributed by atoms with Gasteiger partial charge in [0.1, 0.15) is 17.7 Å². The van der Waals surface area contributed by atoms with Gasteiger partial charge in [0, 0.05) is 16.8 Å². The van der Waals surface area contributed by atoms with E-state index in [1.54, 1.807) is 6.20 Å². The molecule has 29 heavy (non-hydrogen) atoms. The van der Waals surface area contributed by atoms with Crippen LogP contribution in [0.2, 0.25) is 5.02 Å². The smallest absolute Gasteiger partial charge is 0.180 e. The number of benzene rings is 1. The zero-order chi connectivity index (χ0) is 19.8. The van der Waals surface area contributed by atoms with E-state index in [0.717, 1.165) is 28.4 Å². The molecule has 0 spiro atoms. The van der Waals surface area contributed by atoms with Crippen molar-refractivity contribution in [3.8, 4) is 11.4 Å². The number of rotatable bonds is 3. The van der Waals surface area contributed by atoms with E-state index in [1.807, 2.05) is 54.6 Å². The molecular weight excluding hydrogens is 386 g/mol. The molecular formula is C22H20ClN5O. The van der Waals surface area contributed by atoms with Gasteiger partial charge in [-0.15, -0.1) is 0 Å². The summed E-state index contributed by atoms with van der Waals surface area (Å²) in [4.78, 5) is 19.5. The number of ether oxygens (including phenoxy) is 1. The molecule has 7 heteroatoms. The molecule has 1 saturated heterocycles. The molecule has 0 amide bonds. The molecule has 146 valence electrons. The second kappa shape index (κ2) is 7.46. The monoisotopic (exact) mass is 405 g/mol. The Morgan fingerprint density at radius 2 is 2.03 bits per heavy atom. The van der Waals surface area contributed by atoms with Crippen LogP contribution >= 0.6 is 11.6 Å². The molecule has 1 N–H and O–H groups in total. The predicted molar refractivity (Wildman–Crippen MR) is 114 cm³/mol. The van der Waals surface area contributed by atoms with Gasteiger partial charge in [0.05, 0.1) is 30.4 Å². The van der Waals surface area contributed by atoms with E-state index in [0.29, 0.717) is 23.8 Å². The Balaban J connectivity index is 1.46. The number of H-pyrrole nitrogens is 1. The maximum atomic E-state index is 6.12. The van der Waals surface area contributed by atoms with Crippen molar-refractivity contribution in [3.63, 3.8) is 0 Å². The first kappa shape index (κ1) is 18.1. The van der Waals surface area contributed by atoms with E-state index in [2.05, 4.69) is 26.8 Å². The van der Waals surface area contributed by atoms with E-state index < -0.39 is 0 Å². The lowest BCUT2D eigenvalue weighted by Gasteiger charge is -2.38. The number of aromatic amines is 1. The first-order valence-electron chi connectivity index (χ1n) is 9.59. The fourth-order valence-electron chi connectivity index (χ4n) is 3.64. The van der Waals surface area contributed by atoms with Crippen molar-refractivity contribution in [3.05, 3.63) is 71.5 Å². The third kappa shape index (κ3) is 3.57. The standard InChI is InChI=1S/C22H20ClN5O/c1-14-13-29-19(17-7-2-3-10-24-17)12-28(14)20-9-8-18-22(26-20)27-21(25-18)15-5-4-6-16(23)11-15/h2-11,14,19H,12-13H2,1H3,(H,25,26,27)/t14-,19-/m0/s1. The Hall–Kier alpha value is -2.96. The van der Waals surface area contributed by atoms with Crippen LogP contribution < -0.4 is 4.90 Å². The van der Waals surface area contributed by atoms with Gasteiger partial charge in [0.25, 0.3) is 0 Å². The van der Waals surface area contributed by atoms with Crippen LogP contribution in [0.1, 0.15) is 18.7 Å². The van der Waals surface area contributed by atoms with Crippen LogP contribution in [0, 0.1) is 0 Å². The van der Waals surface area contributed by atoms with Gasteiger partial charge < -0.3 is 14.6 Å². The van der Waals surface area contributed by atoms with E-state index in [1.165, 1.54) is 0 Å². The molecule has 5 rings (SSSR count). The quantitative estimate of drug-likeness (QED) is 0.537. The van der Waals surface area contributed by atoms with E-state index in [-0.39, 0.29) is 12.1 Å². The summed E-state index contributed by atoms with van der Waals surface area (Å²) in [7, 11) is 0. The number of fused-ring (bicyclic) bond motifs is 1. The normalized spacial score (nSPS) is 19.6. The number of nitrogens with zero attached hydrogens (tertiary/aromatic N) is 4. The Morgan fingerprint density at radius 3 is 2.86 bits per heavy atom. The van der Waals surface area contributed by atoms with E-state index in [9.17, 15) is 0 Å². The van der Waals surface area contributed by atoms with Gasteiger partial charge in [-0.2, -0.15) is 0 Å². The molecule has 2 atom stereocenters. The molecule has 1 aromatic carbocycles. The van der Waals surface area contributed by atoms with E-state index in [4.69, 9.17) is 21.3 Å². The lowest BCUT2D eigenvalue weighted by atomic mass is 10.1. The van der Waals surface area contributed by atoms with Gasteiger partial charge in [0.2, 0.25) is 0 Å². The topological polar surface area (TPSA) is 66.9 Å². The number of aromatic nitrogens is 4. The second-order valence-electron chi connectivity index (χ2n) is 7.21. The zero-order valence-corrected chi connectivity index (χ0v) is 16.7. The maximum Gasteiger partial charge on any atom is 0.180 e. The molecule has 1 aliphatic heterocycles. The molecule has 1 fully saturated rings. The highest BCUT2D eigenvalue weighted by Gasteiger charge is 2.29. The molecule has 0 radical (unpaired) electrons. The molecule has 0 saturated carbocycles. The minimum atomic E-state index is -0.0777. The van der Waals surface area contributed by atoms with Gasteiger partial charge >= 0.3 is 0 Å². The highest BCUT2D eigenvalue weighted by Crippen LogP contribution is 2.29. The largest absolute Gasteiger partial charge is 0.368 e. The second-order valence-corrected chi connectivity index (χ2v) is 7.65. The minimum absolute atomic E-state index is 0.0777. The fourth-order valence-corrected chi connectivity index (χ4v) is 3.83. The summed E-state index contributed by atoms with van der Waals surface area (Å²) in [6.07, 6.45) is 1.72. The molecule has 1 aliphatic rings. The third-order valence-electron chi connectivity index (χ3n) is 5.17. The number of hydrogen-bond donors (Lipinski definition) is 1.